The quantitative estimate of drug-likeness (QED) is 0.631. The molecule has 6 heteroatoms. The summed E-state index contributed by atoms with van der Waals surface area (Å²) in [6.07, 6.45) is 4.60. The van der Waals surface area contributed by atoms with Gasteiger partial charge in [-0.15, -0.1) is 0 Å². The van der Waals surface area contributed by atoms with Gasteiger partial charge in [0, 0.05) is 0 Å². The second-order valence-electron chi connectivity index (χ2n) is 4.21. The first-order chi connectivity index (χ1) is 10.6. The van der Waals surface area contributed by atoms with Crippen LogP contribution in [0, 0.1) is 0 Å². The minimum atomic E-state index is -1.24. The molecule has 22 heavy (non-hydrogen) atoms. The average Bonchev–Trinajstić information content (AvgIpc) is 2.93. The van der Waals surface area contributed by atoms with Gasteiger partial charge in [0.05, 0.1) is 0 Å². The van der Waals surface area contributed by atoms with E-state index < -0.39 is 11.9 Å². The molecule has 1 aromatic heterocycles. The van der Waals surface area contributed by atoms with Crippen LogP contribution in [0.2, 0.25) is 0 Å². The minimum Gasteiger partial charge on any atom is -0.477 e. The number of halogens is 1. The number of allylic oxidation sites excluding steroid dienone is 2. The van der Waals surface area contributed by atoms with E-state index in [9.17, 15) is 9.59 Å². The van der Waals surface area contributed by atoms with E-state index in [2.05, 4.69) is 21.2 Å². The fourth-order valence-electron chi connectivity index (χ4n) is 1.61. The van der Waals surface area contributed by atoms with Crippen molar-refractivity contribution in [3.05, 3.63) is 76.3 Å². The zero-order chi connectivity index (χ0) is 15.9. The van der Waals surface area contributed by atoms with Crippen LogP contribution in [-0.2, 0) is 4.79 Å². The second-order valence-corrected chi connectivity index (χ2v) is 4.99. The number of nitrogens with one attached hydrogen (secondary N) is 1. The maximum Gasteiger partial charge on any atom is 0.352 e. The molecule has 0 radical (unpaired) electrons. The van der Waals surface area contributed by atoms with Gasteiger partial charge in [0.15, 0.2) is 10.4 Å². The number of carboxylic acids is 1. The lowest BCUT2D eigenvalue weighted by molar-refractivity contribution is -0.133. The fourth-order valence-corrected chi connectivity index (χ4v) is 1.91. The maximum absolute atomic E-state index is 11.9. The number of carboxylic acid groups (broad SMARTS) is 1. The second kappa shape index (κ2) is 7.42. The van der Waals surface area contributed by atoms with Crippen molar-refractivity contribution in [2.75, 3.05) is 0 Å². The van der Waals surface area contributed by atoms with Gasteiger partial charge in [-0.05, 0) is 39.7 Å². The highest BCUT2D eigenvalue weighted by atomic mass is 79.9. The molecule has 112 valence electrons. The van der Waals surface area contributed by atoms with Gasteiger partial charge in [-0.25, -0.2) is 4.79 Å². The van der Waals surface area contributed by atoms with Crippen LogP contribution in [0.4, 0.5) is 0 Å². The highest BCUT2D eigenvalue weighted by molar-refractivity contribution is 9.10. The minimum absolute atomic E-state index is 0.0195. The number of carbonyl (C=O) groups excluding carboxylic acids is 1. The van der Waals surface area contributed by atoms with Crippen LogP contribution in [0.1, 0.15) is 16.1 Å². The molecule has 0 saturated heterocycles. The Hall–Kier alpha value is -2.60. The van der Waals surface area contributed by atoms with Crippen molar-refractivity contribution in [1.82, 2.24) is 5.32 Å². The van der Waals surface area contributed by atoms with E-state index >= 15 is 0 Å². The van der Waals surface area contributed by atoms with Crippen molar-refractivity contribution in [3.63, 3.8) is 0 Å². The molecule has 0 aliphatic rings. The van der Waals surface area contributed by atoms with E-state index in [1.54, 1.807) is 18.2 Å². The van der Waals surface area contributed by atoms with Crippen molar-refractivity contribution in [1.29, 1.82) is 0 Å². The largest absolute Gasteiger partial charge is 0.477 e. The maximum atomic E-state index is 11.9. The first kappa shape index (κ1) is 15.8. The molecule has 2 N–H and O–H groups in total. The Bertz CT molecular complexity index is 732. The van der Waals surface area contributed by atoms with Crippen LogP contribution in [0.3, 0.4) is 0 Å². The molecule has 0 aliphatic carbocycles. The Balaban J connectivity index is 2.09. The number of rotatable bonds is 5. The highest BCUT2D eigenvalue weighted by Crippen LogP contribution is 2.14. The molecule has 0 saturated carbocycles. The summed E-state index contributed by atoms with van der Waals surface area (Å²) in [6, 6.07) is 12.4. The molecular formula is C16H12BrNO4. The standard InChI is InChI=1S/C16H12BrNO4/c17-14-10-9-13(22-14)15(19)18-12(16(20)21)8-4-7-11-5-2-1-3-6-11/h1-10H,(H,18,19)(H,20,21)/b7-4-,12-8-. The lowest BCUT2D eigenvalue weighted by atomic mass is 10.2. The summed E-state index contributed by atoms with van der Waals surface area (Å²) < 4.78 is 5.46. The molecule has 1 aromatic carbocycles. The van der Waals surface area contributed by atoms with E-state index in [-0.39, 0.29) is 11.5 Å². The van der Waals surface area contributed by atoms with Gasteiger partial charge >= 0.3 is 5.97 Å². The third-order valence-electron chi connectivity index (χ3n) is 2.63. The monoisotopic (exact) mass is 361 g/mol. The molecular weight excluding hydrogens is 350 g/mol. The molecule has 1 amide bonds. The Labute approximate surface area is 135 Å². The van der Waals surface area contributed by atoms with Crippen LogP contribution in [-0.4, -0.2) is 17.0 Å². The van der Waals surface area contributed by atoms with Gasteiger partial charge < -0.3 is 14.8 Å². The number of carbonyl (C=O) groups is 2. The van der Waals surface area contributed by atoms with Crippen molar-refractivity contribution < 1.29 is 19.1 Å². The first-order valence-corrected chi connectivity index (χ1v) is 7.09. The Morgan fingerprint density at radius 1 is 1.14 bits per heavy atom. The van der Waals surface area contributed by atoms with Gasteiger partial charge in [-0.2, -0.15) is 0 Å². The van der Waals surface area contributed by atoms with Gasteiger partial charge in [0.2, 0.25) is 0 Å². The van der Waals surface area contributed by atoms with Crippen LogP contribution < -0.4 is 5.32 Å². The summed E-state index contributed by atoms with van der Waals surface area (Å²) in [7, 11) is 0. The molecule has 2 rings (SSSR count). The third kappa shape index (κ3) is 4.46. The summed E-state index contributed by atoms with van der Waals surface area (Å²) >= 11 is 3.07. The Kier molecular flexibility index (Phi) is 5.32. The van der Waals surface area contributed by atoms with Crippen LogP contribution in [0.25, 0.3) is 6.08 Å². The van der Waals surface area contributed by atoms with E-state index in [0.29, 0.717) is 4.67 Å². The predicted octanol–water partition coefficient (Wildman–Crippen LogP) is 3.45. The SMILES string of the molecule is O=C(O)/C(=C/C=C\c1ccccc1)NC(=O)c1ccc(Br)o1. The number of benzene rings is 1. The smallest absolute Gasteiger partial charge is 0.352 e. The lowest BCUT2D eigenvalue weighted by Gasteiger charge is -2.02. The summed E-state index contributed by atoms with van der Waals surface area (Å²) in [5, 5.41) is 11.4. The van der Waals surface area contributed by atoms with E-state index in [1.165, 1.54) is 12.1 Å². The van der Waals surface area contributed by atoms with Gasteiger partial charge in [-0.1, -0.05) is 42.5 Å². The third-order valence-corrected chi connectivity index (χ3v) is 3.05. The molecule has 1 heterocycles. The number of hydrogen-bond donors (Lipinski definition) is 2. The van der Waals surface area contributed by atoms with E-state index in [1.807, 2.05) is 30.3 Å². The fraction of sp³-hybridized carbons (Fsp3) is 0. The van der Waals surface area contributed by atoms with E-state index in [0.717, 1.165) is 5.56 Å². The van der Waals surface area contributed by atoms with Gasteiger partial charge in [0.1, 0.15) is 5.70 Å². The lowest BCUT2D eigenvalue weighted by Crippen LogP contribution is -2.26. The number of amides is 1. The van der Waals surface area contributed by atoms with Gasteiger partial charge in [0.25, 0.3) is 5.91 Å². The average molecular weight is 362 g/mol. The summed E-state index contributed by atoms with van der Waals surface area (Å²) in [5.41, 5.74) is 0.675. The number of furan rings is 1. The van der Waals surface area contributed by atoms with Gasteiger partial charge in [-0.3, -0.25) is 4.79 Å². The highest BCUT2D eigenvalue weighted by Gasteiger charge is 2.15. The van der Waals surface area contributed by atoms with Crippen molar-refractivity contribution in [2.24, 2.45) is 0 Å². The molecule has 0 aliphatic heterocycles. The number of hydrogen-bond acceptors (Lipinski definition) is 3. The molecule has 0 spiro atoms. The molecule has 0 fully saturated rings. The molecule has 0 bridgehead atoms. The van der Waals surface area contributed by atoms with Crippen LogP contribution in [0.5, 0.6) is 0 Å². The van der Waals surface area contributed by atoms with Crippen molar-refractivity contribution in [3.8, 4) is 0 Å². The predicted molar refractivity (Wildman–Crippen MR) is 85.1 cm³/mol. The molecule has 5 nitrogen and oxygen atoms in total. The van der Waals surface area contributed by atoms with E-state index in [4.69, 9.17) is 9.52 Å². The molecule has 2 aromatic rings. The Morgan fingerprint density at radius 3 is 2.45 bits per heavy atom. The Morgan fingerprint density at radius 2 is 1.86 bits per heavy atom. The molecule has 0 atom stereocenters. The number of aliphatic carboxylic acids is 1. The zero-order valence-corrected chi connectivity index (χ0v) is 12.9. The zero-order valence-electron chi connectivity index (χ0n) is 11.3. The summed E-state index contributed by atoms with van der Waals surface area (Å²) in [5.74, 6) is -1.85. The summed E-state index contributed by atoms with van der Waals surface area (Å²) in [6.45, 7) is 0. The normalized spacial score (nSPS) is 11.6. The summed E-state index contributed by atoms with van der Waals surface area (Å²) in [4.78, 5) is 23.0. The topological polar surface area (TPSA) is 79.5 Å². The first-order valence-electron chi connectivity index (χ1n) is 6.29. The van der Waals surface area contributed by atoms with Crippen LogP contribution >= 0.6 is 15.9 Å². The van der Waals surface area contributed by atoms with Crippen LogP contribution in [0.15, 0.2) is 69.4 Å². The molecule has 0 unspecified atom stereocenters. The van der Waals surface area contributed by atoms with Crippen molar-refractivity contribution in [2.45, 2.75) is 0 Å². The van der Waals surface area contributed by atoms with Crippen molar-refractivity contribution >= 4 is 33.9 Å².